The van der Waals surface area contributed by atoms with E-state index in [2.05, 4.69) is 23.7 Å². The van der Waals surface area contributed by atoms with Gasteiger partial charge in [-0.25, -0.2) is 4.79 Å². The fourth-order valence-electron chi connectivity index (χ4n) is 3.07. The van der Waals surface area contributed by atoms with Crippen LogP contribution < -0.4 is 4.74 Å². The number of methoxy groups -OCH3 is 1. The molecule has 1 aliphatic rings. The first-order valence-electron chi connectivity index (χ1n) is 11.4. The Kier molecular flexibility index (Phi) is 11.6. The predicted octanol–water partition coefficient (Wildman–Crippen LogP) is 4.09. The maximum Gasteiger partial charge on any atom is 0.330 e. The second kappa shape index (κ2) is 14.4. The van der Waals surface area contributed by atoms with Gasteiger partial charge in [-0.2, -0.15) is 0 Å². The van der Waals surface area contributed by atoms with E-state index in [9.17, 15) is 9.90 Å². The van der Waals surface area contributed by atoms with Gasteiger partial charge in [-0.3, -0.25) is 0 Å². The number of carbonyl (C=O) groups excluding carboxylic acids is 1. The molecule has 0 amide bonds. The molecule has 0 aromatic heterocycles. The summed E-state index contributed by atoms with van der Waals surface area (Å²) in [5, 5.41) is 9.70. The Morgan fingerprint density at radius 3 is 2.85 bits per heavy atom. The van der Waals surface area contributed by atoms with Gasteiger partial charge in [-0.15, -0.1) is 0 Å². The second-order valence-corrected chi connectivity index (χ2v) is 8.15. The second-order valence-electron chi connectivity index (χ2n) is 8.15. The molecule has 33 heavy (non-hydrogen) atoms. The summed E-state index contributed by atoms with van der Waals surface area (Å²) >= 11 is 0. The Morgan fingerprint density at radius 1 is 1.27 bits per heavy atom. The van der Waals surface area contributed by atoms with Crippen molar-refractivity contribution in [1.29, 1.82) is 0 Å². The van der Waals surface area contributed by atoms with Crippen LogP contribution in [0.15, 0.2) is 24.3 Å². The number of esters is 1. The molecule has 1 saturated heterocycles. The fraction of sp³-hybridized carbons (Fsp3) is 0.519. The molecule has 0 radical (unpaired) electrons. The van der Waals surface area contributed by atoms with Gasteiger partial charge in [0.05, 0.1) is 7.11 Å². The summed E-state index contributed by atoms with van der Waals surface area (Å²) in [6.07, 6.45) is 8.76. The summed E-state index contributed by atoms with van der Waals surface area (Å²) < 4.78 is 21.8. The zero-order valence-electron chi connectivity index (χ0n) is 19.8. The molecular weight excluding hydrogens is 420 g/mol. The molecule has 1 N–H and O–H groups in total. The predicted molar refractivity (Wildman–Crippen MR) is 127 cm³/mol. The minimum atomic E-state index is -1.08. The van der Waals surface area contributed by atoms with Crippen molar-refractivity contribution in [2.24, 2.45) is 0 Å². The molecule has 1 heterocycles. The minimum Gasteiger partial charge on any atom is -0.480 e. The van der Waals surface area contributed by atoms with E-state index in [1.165, 1.54) is 13.2 Å². The van der Waals surface area contributed by atoms with Gasteiger partial charge in [0, 0.05) is 36.8 Å². The molecule has 6 nitrogen and oxygen atoms in total. The maximum absolute atomic E-state index is 11.6. The van der Waals surface area contributed by atoms with Crippen LogP contribution in [0.5, 0.6) is 5.75 Å². The molecule has 1 aromatic rings. The van der Waals surface area contributed by atoms with Crippen LogP contribution in [0.25, 0.3) is 6.08 Å². The quantitative estimate of drug-likeness (QED) is 0.262. The summed E-state index contributed by atoms with van der Waals surface area (Å²) in [5.74, 6) is 12.0. The zero-order valence-corrected chi connectivity index (χ0v) is 19.8. The van der Waals surface area contributed by atoms with Crippen molar-refractivity contribution in [2.75, 3.05) is 26.9 Å². The number of carbonyl (C=O) groups is 1. The van der Waals surface area contributed by atoms with Gasteiger partial charge in [0.15, 0.2) is 6.29 Å². The minimum absolute atomic E-state index is 0.0510. The molecule has 1 aliphatic heterocycles. The van der Waals surface area contributed by atoms with Crippen molar-refractivity contribution in [3.05, 3.63) is 35.4 Å². The number of hydrogen-bond donors (Lipinski definition) is 1. The number of aliphatic hydroxyl groups is 1. The third-order valence-corrected chi connectivity index (χ3v) is 4.71. The van der Waals surface area contributed by atoms with E-state index in [1.807, 2.05) is 12.1 Å². The first kappa shape index (κ1) is 26.5. The van der Waals surface area contributed by atoms with Gasteiger partial charge in [0.1, 0.15) is 18.0 Å². The lowest BCUT2D eigenvalue weighted by molar-refractivity contribution is -0.162. The van der Waals surface area contributed by atoms with Crippen LogP contribution in [0.4, 0.5) is 0 Å². The van der Waals surface area contributed by atoms with Crippen LogP contribution in [0.1, 0.15) is 63.5 Å². The number of hydrogen-bond acceptors (Lipinski definition) is 6. The number of unbranched alkanes of at least 4 members (excludes halogenated alkanes) is 2. The van der Waals surface area contributed by atoms with Crippen LogP contribution in [0.3, 0.4) is 0 Å². The first-order chi connectivity index (χ1) is 15.9. The SMILES string of the molecule is COC(=O)C=Cc1c(C#CCCCCOC2CCCCO2)cccc1OCC#CC(C)(C)O. The Morgan fingerprint density at radius 2 is 2.12 bits per heavy atom. The Hall–Kier alpha value is -2.77. The van der Waals surface area contributed by atoms with Gasteiger partial charge < -0.3 is 24.1 Å². The van der Waals surface area contributed by atoms with E-state index in [1.54, 1.807) is 26.0 Å². The molecule has 0 bridgehead atoms. The Balaban J connectivity index is 1.97. The summed E-state index contributed by atoms with van der Waals surface area (Å²) in [5.41, 5.74) is 0.340. The Bertz CT molecular complexity index is 899. The maximum atomic E-state index is 11.6. The smallest absolute Gasteiger partial charge is 0.330 e. The summed E-state index contributed by atoms with van der Waals surface area (Å²) in [6, 6.07) is 5.51. The molecule has 2 rings (SSSR count). The van der Waals surface area contributed by atoms with E-state index in [0.29, 0.717) is 17.9 Å². The lowest BCUT2D eigenvalue weighted by Crippen LogP contribution is -2.22. The largest absolute Gasteiger partial charge is 0.480 e. The van der Waals surface area contributed by atoms with Crippen LogP contribution in [0, 0.1) is 23.7 Å². The molecule has 1 aromatic carbocycles. The molecule has 1 fully saturated rings. The average Bonchev–Trinajstić information content (AvgIpc) is 2.80. The van der Waals surface area contributed by atoms with Gasteiger partial charge in [0.2, 0.25) is 0 Å². The van der Waals surface area contributed by atoms with Gasteiger partial charge >= 0.3 is 5.97 Å². The monoisotopic (exact) mass is 454 g/mol. The molecule has 1 atom stereocenters. The van der Waals surface area contributed by atoms with Crippen molar-refractivity contribution in [2.45, 2.75) is 64.3 Å². The highest BCUT2D eigenvalue weighted by molar-refractivity contribution is 5.88. The van der Waals surface area contributed by atoms with Gasteiger partial charge in [0.25, 0.3) is 0 Å². The molecule has 178 valence electrons. The first-order valence-corrected chi connectivity index (χ1v) is 11.4. The fourth-order valence-corrected chi connectivity index (χ4v) is 3.07. The van der Waals surface area contributed by atoms with E-state index < -0.39 is 11.6 Å². The number of rotatable bonds is 9. The normalized spacial score (nSPS) is 15.8. The molecule has 1 unspecified atom stereocenters. The van der Waals surface area contributed by atoms with Crippen LogP contribution in [-0.2, 0) is 19.0 Å². The van der Waals surface area contributed by atoms with E-state index in [-0.39, 0.29) is 12.9 Å². The van der Waals surface area contributed by atoms with E-state index >= 15 is 0 Å². The molecule has 0 spiro atoms. The molecule has 0 saturated carbocycles. The van der Waals surface area contributed by atoms with Crippen LogP contribution in [-0.4, -0.2) is 49.9 Å². The highest BCUT2D eigenvalue weighted by Gasteiger charge is 2.13. The van der Waals surface area contributed by atoms with Crippen molar-refractivity contribution in [1.82, 2.24) is 0 Å². The van der Waals surface area contributed by atoms with E-state index in [0.717, 1.165) is 50.7 Å². The third kappa shape index (κ3) is 11.1. The summed E-state index contributed by atoms with van der Waals surface area (Å²) in [4.78, 5) is 11.6. The lowest BCUT2D eigenvalue weighted by atomic mass is 10.1. The summed E-state index contributed by atoms with van der Waals surface area (Å²) in [7, 11) is 1.33. The van der Waals surface area contributed by atoms with Crippen molar-refractivity contribution in [3.8, 4) is 29.4 Å². The Labute approximate surface area is 197 Å². The third-order valence-electron chi connectivity index (χ3n) is 4.71. The highest BCUT2D eigenvalue weighted by atomic mass is 16.7. The lowest BCUT2D eigenvalue weighted by Gasteiger charge is -2.22. The average molecular weight is 455 g/mol. The van der Waals surface area contributed by atoms with Crippen LogP contribution >= 0.6 is 0 Å². The topological polar surface area (TPSA) is 74.2 Å². The van der Waals surface area contributed by atoms with Crippen molar-refractivity contribution < 1.29 is 28.8 Å². The standard InChI is InChI=1S/C27H34O6/c1-27(2,29)18-11-21-31-24-14-10-13-22(23(24)16-17-25(28)30-3)12-6-4-5-8-19-32-26-15-7-9-20-33-26/h10,13-14,16-17,26,29H,4-5,7-9,15,19-21H2,1-3H3. The van der Waals surface area contributed by atoms with Crippen molar-refractivity contribution >= 4 is 12.0 Å². The van der Waals surface area contributed by atoms with Crippen LogP contribution in [0.2, 0.25) is 0 Å². The van der Waals surface area contributed by atoms with Gasteiger partial charge in [-0.1, -0.05) is 29.7 Å². The molecule has 6 heteroatoms. The van der Waals surface area contributed by atoms with Crippen molar-refractivity contribution in [3.63, 3.8) is 0 Å². The zero-order chi connectivity index (χ0) is 23.9. The number of benzene rings is 1. The number of ether oxygens (including phenoxy) is 4. The highest BCUT2D eigenvalue weighted by Crippen LogP contribution is 2.24. The van der Waals surface area contributed by atoms with Gasteiger partial charge in [-0.05, 0) is 64.2 Å². The summed E-state index contributed by atoms with van der Waals surface area (Å²) in [6.45, 7) is 4.78. The molecular formula is C27H34O6. The molecule has 0 aliphatic carbocycles. The van der Waals surface area contributed by atoms with E-state index in [4.69, 9.17) is 18.9 Å².